The van der Waals surface area contributed by atoms with E-state index < -0.39 is 0 Å². The Morgan fingerprint density at radius 2 is 2.33 bits per heavy atom. The third-order valence-corrected chi connectivity index (χ3v) is 4.74. The number of hydrogen-bond acceptors (Lipinski definition) is 5. The smallest absolute Gasteiger partial charge is 0.237 e. The molecule has 1 fully saturated rings. The van der Waals surface area contributed by atoms with Crippen LogP contribution in [-0.4, -0.2) is 21.2 Å². The average Bonchev–Trinajstić information content (AvgIpc) is 2.85. The Labute approximate surface area is 112 Å². The van der Waals surface area contributed by atoms with Gasteiger partial charge in [0.05, 0.1) is 11.7 Å². The van der Waals surface area contributed by atoms with Crippen LogP contribution >= 0.6 is 11.8 Å². The minimum Gasteiger partial charge on any atom is -0.339 e. The van der Waals surface area contributed by atoms with Crippen molar-refractivity contribution < 1.29 is 9.32 Å². The summed E-state index contributed by atoms with van der Waals surface area (Å²) in [5.41, 5.74) is 0. The number of carbonyl (C=O) groups is 1. The number of carbonyl (C=O) groups excluding carboxylic acids is 1. The summed E-state index contributed by atoms with van der Waals surface area (Å²) in [6, 6.07) is 0. The van der Waals surface area contributed by atoms with Gasteiger partial charge >= 0.3 is 0 Å². The lowest BCUT2D eigenvalue weighted by Crippen LogP contribution is -2.17. The van der Waals surface area contributed by atoms with E-state index in [2.05, 4.69) is 24.0 Å². The minimum absolute atomic E-state index is 0.145. The summed E-state index contributed by atoms with van der Waals surface area (Å²) in [6.07, 6.45) is 4.73. The first-order valence-corrected chi connectivity index (χ1v) is 7.72. The molecule has 1 aromatic heterocycles. The lowest BCUT2D eigenvalue weighted by Gasteiger charge is -2.16. The molecule has 1 saturated carbocycles. The zero-order valence-corrected chi connectivity index (χ0v) is 11.8. The van der Waals surface area contributed by atoms with Crippen molar-refractivity contribution in [3.8, 4) is 0 Å². The molecule has 0 bridgehead atoms. The molecule has 18 heavy (non-hydrogen) atoms. The number of nitrogens with zero attached hydrogens (tertiary/aromatic N) is 2. The maximum absolute atomic E-state index is 11.8. The standard InChI is InChI=1S/C13H20N2O2S/c1-3-9(2)18-8-12-14-13(17-15-12)10-6-4-5-7-11(10)16/h9-10H,3-8H2,1-2H3. The fourth-order valence-electron chi connectivity index (χ4n) is 2.05. The van der Waals surface area contributed by atoms with Crippen molar-refractivity contribution >= 4 is 17.5 Å². The molecule has 2 unspecified atom stereocenters. The molecule has 0 N–H and O–H groups in total. The van der Waals surface area contributed by atoms with E-state index in [1.165, 1.54) is 0 Å². The highest BCUT2D eigenvalue weighted by Crippen LogP contribution is 2.29. The second-order valence-electron chi connectivity index (χ2n) is 4.84. The quantitative estimate of drug-likeness (QED) is 0.820. The van der Waals surface area contributed by atoms with Gasteiger partial charge in [-0.25, -0.2) is 0 Å². The molecular formula is C13H20N2O2S. The second-order valence-corrected chi connectivity index (χ2v) is 6.27. The van der Waals surface area contributed by atoms with Crippen molar-refractivity contribution in [1.29, 1.82) is 0 Å². The van der Waals surface area contributed by atoms with Gasteiger partial charge in [0.25, 0.3) is 0 Å². The second kappa shape index (κ2) is 6.36. The maximum Gasteiger partial charge on any atom is 0.237 e. The van der Waals surface area contributed by atoms with E-state index >= 15 is 0 Å². The van der Waals surface area contributed by atoms with Gasteiger partial charge in [0.1, 0.15) is 5.78 Å². The van der Waals surface area contributed by atoms with E-state index in [0.29, 0.717) is 23.4 Å². The van der Waals surface area contributed by atoms with Crippen LogP contribution in [0.4, 0.5) is 0 Å². The molecule has 1 aliphatic rings. The van der Waals surface area contributed by atoms with Crippen LogP contribution in [0.25, 0.3) is 0 Å². The maximum atomic E-state index is 11.8. The zero-order valence-electron chi connectivity index (χ0n) is 11.0. The molecule has 100 valence electrons. The largest absolute Gasteiger partial charge is 0.339 e. The summed E-state index contributed by atoms with van der Waals surface area (Å²) in [5, 5.41) is 4.57. The van der Waals surface area contributed by atoms with E-state index in [1.807, 2.05) is 11.8 Å². The van der Waals surface area contributed by atoms with E-state index in [1.54, 1.807) is 0 Å². The molecule has 4 nitrogen and oxygen atoms in total. The average molecular weight is 268 g/mol. The molecule has 1 aliphatic carbocycles. The van der Waals surface area contributed by atoms with Gasteiger partial charge in [-0.05, 0) is 19.3 Å². The predicted molar refractivity (Wildman–Crippen MR) is 71.6 cm³/mol. The number of ketones is 1. The van der Waals surface area contributed by atoms with Crippen LogP contribution in [0.3, 0.4) is 0 Å². The first kappa shape index (κ1) is 13.6. The number of hydrogen-bond donors (Lipinski definition) is 0. The predicted octanol–water partition coefficient (Wildman–Crippen LogP) is 3.33. The molecular weight excluding hydrogens is 248 g/mol. The Morgan fingerprint density at radius 1 is 1.50 bits per heavy atom. The third kappa shape index (κ3) is 3.34. The SMILES string of the molecule is CCC(C)SCc1noc(C2CCCCC2=O)n1. The first-order valence-electron chi connectivity index (χ1n) is 6.67. The molecule has 2 atom stereocenters. The highest BCUT2D eigenvalue weighted by Gasteiger charge is 2.28. The lowest BCUT2D eigenvalue weighted by atomic mass is 9.88. The molecule has 0 spiro atoms. The van der Waals surface area contributed by atoms with E-state index in [9.17, 15) is 4.79 Å². The number of aromatic nitrogens is 2. The molecule has 0 aliphatic heterocycles. The van der Waals surface area contributed by atoms with E-state index in [0.717, 1.165) is 31.4 Å². The monoisotopic (exact) mass is 268 g/mol. The molecule has 1 heterocycles. The molecule has 0 aromatic carbocycles. The van der Waals surface area contributed by atoms with Crippen LogP contribution in [0.1, 0.15) is 63.6 Å². The van der Waals surface area contributed by atoms with Gasteiger partial charge in [0, 0.05) is 11.7 Å². The molecule has 0 radical (unpaired) electrons. The zero-order chi connectivity index (χ0) is 13.0. The minimum atomic E-state index is -0.145. The normalized spacial score (nSPS) is 22.1. The Balaban J connectivity index is 1.94. The first-order chi connectivity index (χ1) is 8.70. The lowest BCUT2D eigenvalue weighted by molar-refractivity contribution is -0.122. The summed E-state index contributed by atoms with van der Waals surface area (Å²) < 4.78 is 5.25. The Morgan fingerprint density at radius 3 is 3.06 bits per heavy atom. The van der Waals surface area contributed by atoms with Crippen LogP contribution in [0.15, 0.2) is 4.52 Å². The van der Waals surface area contributed by atoms with Crippen LogP contribution in [0.5, 0.6) is 0 Å². The van der Waals surface area contributed by atoms with Gasteiger partial charge in [0.2, 0.25) is 5.89 Å². The molecule has 5 heteroatoms. The van der Waals surface area contributed by atoms with Crippen molar-refractivity contribution in [2.75, 3.05) is 0 Å². The van der Waals surface area contributed by atoms with Gasteiger partial charge in [-0.1, -0.05) is 25.4 Å². The van der Waals surface area contributed by atoms with Crippen molar-refractivity contribution in [2.24, 2.45) is 0 Å². The van der Waals surface area contributed by atoms with Gasteiger partial charge in [-0.2, -0.15) is 16.7 Å². The van der Waals surface area contributed by atoms with Crippen molar-refractivity contribution in [3.63, 3.8) is 0 Å². The summed E-state index contributed by atoms with van der Waals surface area (Å²) in [7, 11) is 0. The fraction of sp³-hybridized carbons (Fsp3) is 0.769. The van der Waals surface area contributed by atoms with Crippen molar-refractivity contribution in [1.82, 2.24) is 10.1 Å². The number of rotatable bonds is 5. The highest BCUT2D eigenvalue weighted by atomic mass is 32.2. The number of Topliss-reactive ketones (excluding diaryl/α,β-unsaturated/α-hetero) is 1. The highest BCUT2D eigenvalue weighted by molar-refractivity contribution is 7.99. The van der Waals surface area contributed by atoms with Gasteiger partial charge in [-0.15, -0.1) is 0 Å². The van der Waals surface area contributed by atoms with Crippen LogP contribution < -0.4 is 0 Å². The molecule has 2 rings (SSSR count). The summed E-state index contributed by atoms with van der Waals surface area (Å²) in [5.74, 6) is 2.12. The van der Waals surface area contributed by atoms with Gasteiger partial charge in [-0.3, -0.25) is 4.79 Å². The molecule has 0 amide bonds. The number of thioether (sulfide) groups is 1. The summed E-state index contributed by atoms with van der Waals surface area (Å²) in [6.45, 7) is 4.36. The van der Waals surface area contributed by atoms with E-state index in [4.69, 9.17) is 4.52 Å². The fourth-order valence-corrected chi connectivity index (χ4v) is 2.83. The van der Waals surface area contributed by atoms with Crippen molar-refractivity contribution in [3.05, 3.63) is 11.7 Å². The Hall–Kier alpha value is -0.840. The Kier molecular flexibility index (Phi) is 4.80. The molecule has 1 aromatic rings. The van der Waals surface area contributed by atoms with Crippen LogP contribution in [0, 0.1) is 0 Å². The van der Waals surface area contributed by atoms with Crippen LogP contribution in [-0.2, 0) is 10.5 Å². The third-order valence-electron chi connectivity index (χ3n) is 3.41. The van der Waals surface area contributed by atoms with Crippen molar-refractivity contribution in [2.45, 2.75) is 62.9 Å². The van der Waals surface area contributed by atoms with Gasteiger partial charge < -0.3 is 4.52 Å². The topological polar surface area (TPSA) is 56.0 Å². The van der Waals surface area contributed by atoms with E-state index in [-0.39, 0.29) is 11.7 Å². The van der Waals surface area contributed by atoms with Crippen LogP contribution in [0.2, 0.25) is 0 Å². The molecule has 0 saturated heterocycles. The summed E-state index contributed by atoms with van der Waals surface area (Å²) in [4.78, 5) is 16.2. The van der Waals surface area contributed by atoms with Gasteiger partial charge in [0.15, 0.2) is 5.82 Å². The Bertz CT molecular complexity index is 405. The summed E-state index contributed by atoms with van der Waals surface area (Å²) >= 11 is 1.82.